The third-order valence-electron chi connectivity index (χ3n) is 3.78. The molecule has 4 heteroatoms. The lowest BCUT2D eigenvalue weighted by molar-refractivity contribution is 0.0689. The summed E-state index contributed by atoms with van der Waals surface area (Å²) in [4.78, 5) is 15.0. The van der Waals surface area contributed by atoms with Gasteiger partial charge in [0.2, 0.25) is 0 Å². The fourth-order valence-electron chi connectivity index (χ4n) is 2.75. The molecule has 1 aliphatic rings. The normalized spacial score (nSPS) is 17.2. The van der Waals surface area contributed by atoms with Gasteiger partial charge in [-0.25, -0.2) is 9.78 Å². The predicted octanol–water partition coefficient (Wildman–Crippen LogP) is 2.63. The minimum Gasteiger partial charge on any atom is -0.476 e. The molecule has 1 saturated carbocycles. The monoisotopic (exact) mass is 236 g/mol. The number of aromatic nitrogens is 2. The van der Waals surface area contributed by atoms with Crippen molar-refractivity contribution in [3.8, 4) is 0 Å². The highest BCUT2D eigenvalue weighted by Crippen LogP contribution is 2.27. The fourth-order valence-corrected chi connectivity index (χ4v) is 2.75. The lowest BCUT2D eigenvalue weighted by Crippen LogP contribution is -2.11. The summed E-state index contributed by atoms with van der Waals surface area (Å²) in [6.45, 7) is 0. The Morgan fingerprint density at radius 3 is 2.82 bits per heavy atom. The van der Waals surface area contributed by atoms with Crippen molar-refractivity contribution in [3.05, 3.63) is 17.7 Å². The minimum atomic E-state index is -0.913. The third kappa shape index (κ3) is 2.87. The number of hydrogen-bond donors (Lipinski definition) is 1. The first kappa shape index (κ1) is 12.1. The van der Waals surface area contributed by atoms with Crippen molar-refractivity contribution in [2.45, 2.75) is 44.9 Å². The van der Waals surface area contributed by atoms with E-state index in [1.807, 2.05) is 11.6 Å². The molecule has 1 aliphatic carbocycles. The van der Waals surface area contributed by atoms with Crippen LogP contribution in [0.2, 0.25) is 0 Å². The summed E-state index contributed by atoms with van der Waals surface area (Å²) in [6, 6.07) is 0. The molecule has 0 spiro atoms. The van der Waals surface area contributed by atoms with Gasteiger partial charge in [0.05, 0.1) is 12.0 Å². The maximum Gasteiger partial charge on any atom is 0.356 e. The Balaban J connectivity index is 1.97. The van der Waals surface area contributed by atoms with Gasteiger partial charge >= 0.3 is 5.97 Å². The average molecular weight is 236 g/mol. The Bertz CT molecular complexity index is 392. The van der Waals surface area contributed by atoms with Crippen molar-refractivity contribution in [1.82, 2.24) is 9.55 Å². The van der Waals surface area contributed by atoms with Crippen molar-refractivity contribution in [1.29, 1.82) is 0 Å². The Kier molecular flexibility index (Phi) is 3.82. The molecule has 0 aromatic carbocycles. The molecule has 1 fully saturated rings. The zero-order chi connectivity index (χ0) is 12.3. The molecular formula is C13H20N2O2. The first-order valence-electron chi connectivity index (χ1n) is 6.42. The SMILES string of the molecule is Cn1cnc(C(=O)O)c1CCC1CCCCC1. The van der Waals surface area contributed by atoms with Crippen molar-refractivity contribution in [2.75, 3.05) is 0 Å². The topological polar surface area (TPSA) is 55.1 Å². The van der Waals surface area contributed by atoms with E-state index in [0.29, 0.717) is 0 Å². The molecule has 0 amide bonds. The van der Waals surface area contributed by atoms with E-state index in [0.717, 1.165) is 24.5 Å². The summed E-state index contributed by atoms with van der Waals surface area (Å²) in [6.07, 6.45) is 10.2. The van der Waals surface area contributed by atoms with E-state index in [1.165, 1.54) is 32.1 Å². The molecule has 0 unspecified atom stereocenters. The summed E-state index contributed by atoms with van der Waals surface area (Å²) in [5.41, 5.74) is 1.09. The van der Waals surface area contributed by atoms with Crippen LogP contribution in [0, 0.1) is 5.92 Å². The smallest absolute Gasteiger partial charge is 0.356 e. The summed E-state index contributed by atoms with van der Waals surface area (Å²) < 4.78 is 1.84. The second-order valence-electron chi connectivity index (χ2n) is 5.00. The fraction of sp³-hybridized carbons (Fsp3) is 0.692. The molecule has 2 rings (SSSR count). The van der Waals surface area contributed by atoms with Crippen molar-refractivity contribution in [3.63, 3.8) is 0 Å². The molecular weight excluding hydrogens is 216 g/mol. The van der Waals surface area contributed by atoms with Gasteiger partial charge in [0.15, 0.2) is 5.69 Å². The molecule has 1 heterocycles. The number of hydrogen-bond acceptors (Lipinski definition) is 2. The molecule has 1 aromatic heterocycles. The number of carboxylic acids is 1. The quantitative estimate of drug-likeness (QED) is 0.874. The highest BCUT2D eigenvalue weighted by Gasteiger charge is 2.18. The second kappa shape index (κ2) is 5.34. The summed E-state index contributed by atoms with van der Waals surface area (Å²) in [5.74, 6) is -0.135. The van der Waals surface area contributed by atoms with Gasteiger partial charge in [0.25, 0.3) is 0 Å². The number of aryl methyl sites for hydroxylation is 1. The van der Waals surface area contributed by atoms with Crippen LogP contribution in [0.4, 0.5) is 0 Å². The molecule has 1 aromatic rings. The lowest BCUT2D eigenvalue weighted by Gasteiger charge is -2.21. The van der Waals surface area contributed by atoms with Crippen LogP contribution in [-0.4, -0.2) is 20.6 Å². The molecule has 0 bridgehead atoms. The van der Waals surface area contributed by atoms with Gasteiger partial charge in [0, 0.05) is 7.05 Å². The van der Waals surface area contributed by atoms with Crippen LogP contribution in [0.25, 0.3) is 0 Å². The van der Waals surface area contributed by atoms with E-state index >= 15 is 0 Å². The van der Waals surface area contributed by atoms with E-state index in [1.54, 1.807) is 6.33 Å². The van der Waals surface area contributed by atoms with Gasteiger partial charge in [-0.05, 0) is 18.8 Å². The van der Waals surface area contributed by atoms with E-state index in [9.17, 15) is 4.79 Å². The Hall–Kier alpha value is -1.32. The van der Waals surface area contributed by atoms with Crippen LogP contribution in [0.15, 0.2) is 6.33 Å². The summed E-state index contributed by atoms with van der Waals surface area (Å²) in [7, 11) is 1.87. The largest absolute Gasteiger partial charge is 0.476 e. The standard InChI is InChI=1S/C13H20N2O2/c1-15-9-14-12(13(16)17)11(15)8-7-10-5-3-2-4-6-10/h9-10H,2-8H2,1H3,(H,16,17). The van der Waals surface area contributed by atoms with Crippen LogP contribution >= 0.6 is 0 Å². The maximum atomic E-state index is 11.0. The average Bonchev–Trinajstić information content (AvgIpc) is 2.69. The van der Waals surface area contributed by atoms with E-state index in [-0.39, 0.29) is 5.69 Å². The van der Waals surface area contributed by atoms with Gasteiger partial charge in [0.1, 0.15) is 0 Å². The zero-order valence-corrected chi connectivity index (χ0v) is 10.4. The maximum absolute atomic E-state index is 11.0. The number of nitrogens with zero attached hydrogens (tertiary/aromatic N) is 2. The number of carboxylic acid groups (broad SMARTS) is 1. The van der Waals surface area contributed by atoms with Crippen LogP contribution < -0.4 is 0 Å². The van der Waals surface area contributed by atoms with Crippen molar-refractivity contribution >= 4 is 5.97 Å². The van der Waals surface area contributed by atoms with Crippen LogP contribution in [0.5, 0.6) is 0 Å². The van der Waals surface area contributed by atoms with Crippen molar-refractivity contribution in [2.24, 2.45) is 13.0 Å². The van der Waals surface area contributed by atoms with Gasteiger partial charge in [-0.2, -0.15) is 0 Å². The highest BCUT2D eigenvalue weighted by atomic mass is 16.4. The number of imidazole rings is 1. The highest BCUT2D eigenvalue weighted by molar-refractivity contribution is 5.86. The predicted molar refractivity (Wildman–Crippen MR) is 65.1 cm³/mol. The van der Waals surface area contributed by atoms with Gasteiger partial charge in [-0.15, -0.1) is 0 Å². The Labute approximate surface area is 102 Å². The molecule has 17 heavy (non-hydrogen) atoms. The molecule has 0 saturated heterocycles. The van der Waals surface area contributed by atoms with E-state index < -0.39 is 5.97 Å². The minimum absolute atomic E-state index is 0.225. The van der Waals surface area contributed by atoms with Gasteiger partial charge in [-0.1, -0.05) is 32.1 Å². The third-order valence-corrected chi connectivity index (χ3v) is 3.78. The lowest BCUT2D eigenvalue weighted by atomic mass is 9.85. The van der Waals surface area contributed by atoms with Gasteiger partial charge in [-0.3, -0.25) is 0 Å². The van der Waals surface area contributed by atoms with Crippen LogP contribution in [-0.2, 0) is 13.5 Å². The van der Waals surface area contributed by atoms with Gasteiger partial charge < -0.3 is 9.67 Å². The molecule has 0 atom stereocenters. The summed E-state index contributed by atoms with van der Waals surface area (Å²) >= 11 is 0. The zero-order valence-electron chi connectivity index (χ0n) is 10.4. The first-order chi connectivity index (χ1) is 8.18. The van der Waals surface area contributed by atoms with Crippen LogP contribution in [0.1, 0.15) is 54.7 Å². The molecule has 1 N–H and O–H groups in total. The Morgan fingerprint density at radius 1 is 1.47 bits per heavy atom. The molecule has 0 radical (unpaired) electrons. The number of aromatic carboxylic acids is 1. The van der Waals surface area contributed by atoms with E-state index in [4.69, 9.17) is 5.11 Å². The van der Waals surface area contributed by atoms with E-state index in [2.05, 4.69) is 4.98 Å². The number of rotatable bonds is 4. The Morgan fingerprint density at radius 2 is 2.18 bits per heavy atom. The second-order valence-corrected chi connectivity index (χ2v) is 5.00. The van der Waals surface area contributed by atoms with Crippen molar-refractivity contribution < 1.29 is 9.90 Å². The molecule has 0 aliphatic heterocycles. The molecule has 4 nitrogen and oxygen atoms in total. The summed E-state index contributed by atoms with van der Waals surface area (Å²) in [5, 5.41) is 9.04. The number of carbonyl (C=O) groups is 1. The van der Waals surface area contributed by atoms with Crippen LogP contribution in [0.3, 0.4) is 0 Å². The molecule has 94 valence electrons. The first-order valence-corrected chi connectivity index (χ1v) is 6.42.